The highest BCUT2D eigenvalue weighted by Gasteiger charge is 2.32. The second-order valence-electron chi connectivity index (χ2n) is 8.25. The van der Waals surface area contributed by atoms with Crippen LogP contribution in [-0.2, 0) is 6.18 Å². The summed E-state index contributed by atoms with van der Waals surface area (Å²) in [5.74, 6) is -0.254. The number of halogens is 5. The fraction of sp³-hybridized carbons (Fsp3) is 0.208. The molecule has 5 aromatic rings. The summed E-state index contributed by atoms with van der Waals surface area (Å²) in [6, 6.07) is 6.69. The van der Waals surface area contributed by atoms with Crippen LogP contribution in [0.15, 0.2) is 61.3 Å². The summed E-state index contributed by atoms with van der Waals surface area (Å²) in [6.07, 6.45) is 3.57. The zero-order valence-electron chi connectivity index (χ0n) is 19.6. The predicted octanol–water partition coefficient (Wildman–Crippen LogP) is 5.25. The molecule has 5 rings (SSSR count). The van der Waals surface area contributed by atoms with Gasteiger partial charge < -0.3 is 10.5 Å². The Morgan fingerprint density at radius 1 is 1.00 bits per heavy atom. The number of alkyl halides is 5. The average Bonchev–Trinajstić information content (AvgIpc) is 3.50. The molecule has 0 bridgehead atoms. The molecule has 0 aliphatic rings. The Morgan fingerprint density at radius 2 is 1.82 bits per heavy atom. The second-order valence-corrected chi connectivity index (χ2v) is 8.25. The number of nitrogens with zero attached hydrogens (tertiary/aromatic N) is 7. The first kappa shape index (κ1) is 25.0. The van der Waals surface area contributed by atoms with Gasteiger partial charge in [0.2, 0.25) is 11.8 Å². The van der Waals surface area contributed by atoms with E-state index < -0.39 is 18.5 Å². The summed E-state index contributed by atoms with van der Waals surface area (Å²) >= 11 is 0. The van der Waals surface area contributed by atoms with Gasteiger partial charge in [0.1, 0.15) is 5.69 Å². The number of nitrogens with two attached hydrogens (primary N) is 1. The van der Waals surface area contributed by atoms with Crippen LogP contribution in [0.3, 0.4) is 0 Å². The van der Waals surface area contributed by atoms with Gasteiger partial charge in [0.05, 0.1) is 12.2 Å². The molecule has 9 nitrogen and oxygen atoms in total. The van der Waals surface area contributed by atoms with Crippen molar-refractivity contribution in [2.75, 3.05) is 5.73 Å². The zero-order chi connectivity index (χ0) is 27.0. The van der Waals surface area contributed by atoms with E-state index in [1.165, 1.54) is 29.0 Å². The van der Waals surface area contributed by atoms with E-state index in [1.807, 2.05) is 6.92 Å². The highest BCUT2D eigenvalue weighted by atomic mass is 19.4. The average molecular weight is 530 g/mol. The number of fused-ring (bicyclic) bond motifs is 1. The highest BCUT2D eigenvalue weighted by molar-refractivity contribution is 5.82. The largest absolute Gasteiger partial charge is 0.433 e. The maximum atomic E-state index is 12.9. The van der Waals surface area contributed by atoms with E-state index >= 15 is 0 Å². The Hall–Kier alpha value is -4.62. The first-order valence-electron chi connectivity index (χ1n) is 11.3. The molecule has 0 radical (unpaired) electrons. The van der Waals surface area contributed by atoms with E-state index in [2.05, 4.69) is 29.9 Å². The molecule has 1 atom stereocenters. The zero-order valence-corrected chi connectivity index (χ0v) is 19.6. The lowest BCUT2D eigenvalue weighted by molar-refractivity contribution is -0.141. The van der Waals surface area contributed by atoms with Crippen molar-refractivity contribution in [3.8, 4) is 28.1 Å². The van der Waals surface area contributed by atoms with Crippen LogP contribution in [-0.4, -0.2) is 41.0 Å². The van der Waals surface area contributed by atoms with Gasteiger partial charge in [-0.05, 0) is 35.7 Å². The van der Waals surface area contributed by atoms with Gasteiger partial charge in [0, 0.05) is 47.5 Å². The molecule has 0 amide bonds. The third-order valence-corrected chi connectivity index (χ3v) is 5.81. The Bertz CT molecular complexity index is 1580. The van der Waals surface area contributed by atoms with Crippen molar-refractivity contribution in [1.82, 2.24) is 34.3 Å². The lowest BCUT2D eigenvalue weighted by Crippen LogP contribution is -2.13. The number of rotatable bonds is 7. The minimum absolute atomic E-state index is 0.0121. The summed E-state index contributed by atoms with van der Waals surface area (Å²) in [4.78, 5) is 11.6. The van der Waals surface area contributed by atoms with Crippen LogP contribution in [0.2, 0.25) is 0 Å². The van der Waals surface area contributed by atoms with Crippen molar-refractivity contribution in [2.24, 2.45) is 0 Å². The molecule has 0 spiro atoms. The lowest BCUT2D eigenvalue weighted by atomic mass is 10.0. The highest BCUT2D eigenvalue weighted by Crippen LogP contribution is 2.33. The number of nitrogen functional groups attached to an aromatic ring is 1. The molecule has 0 fully saturated rings. The number of hydrogen-bond acceptors (Lipinski definition) is 7. The van der Waals surface area contributed by atoms with Crippen LogP contribution in [0.4, 0.5) is 27.9 Å². The van der Waals surface area contributed by atoms with Gasteiger partial charge in [-0.25, -0.2) is 9.50 Å². The molecule has 5 heterocycles. The van der Waals surface area contributed by atoms with Crippen molar-refractivity contribution < 1.29 is 26.7 Å². The van der Waals surface area contributed by atoms with Crippen molar-refractivity contribution >= 4 is 11.6 Å². The molecule has 0 aliphatic heterocycles. The quantitative estimate of drug-likeness (QED) is 0.286. The molecule has 0 aliphatic carbocycles. The number of ether oxygens (including phenoxy) is 1. The molecule has 38 heavy (non-hydrogen) atoms. The molecular weight excluding hydrogens is 511 g/mol. The third-order valence-electron chi connectivity index (χ3n) is 5.81. The Balaban J connectivity index is 1.53. The number of aromatic nitrogens is 7. The number of pyridine rings is 3. The predicted molar refractivity (Wildman–Crippen MR) is 126 cm³/mol. The van der Waals surface area contributed by atoms with E-state index in [1.54, 1.807) is 35.4 Å². The van der Waals surface area contributed by atoms with Crippen molar-refractivity contribution in [3.05, 3.63) is 72.6 Å². The van der Waals surface area contributed by atoms with Gasteiger partial charge in [-0.3, -0.25) is 9.67 Å². The fourth-order valence-corrected chi connectivity index (χ4v) is 4.11. The van der Waals surface area contributed by atoms with Crippen LogP contribution < -0.4 is 10.5 Å². The lowest BCUT2D eigenvalue weighted by Gasteiger charge is -2.16. The smallest absolute Gasteiger partial charge is 0.417 e. The molecule has 196 valence electrons. The second kappa shape index (κ2) is 9.68. The molecule has 14 heteroatoms. The summed E-state index contributed by atoms with van der Waals surface area (Å²) in [5.41, 5.74) is 8.13. The van der Waals surface area contributed by atoms with Crippen LogP contribution in [0.25, 0.3) is 27.9 Å². The summed E-state index contributed by atoms with van der Waals surface area (Å²) in [6.45, 7) is -1.15. The van der Waals surface area contributed by atoms with E-state index in [4.69, 9.17) is 5.73 Å². The summed E-state index contributed by atoms with van der Waals surface area (Å²) in [7, 11) is 0. The van der Waals surface area contributed by atoms with Gasteiger partial charge in [-0.15, -0.1) is 5.10 Å². The van der Waals surface area contributed by atoms with Gasteiger partial charge in [0.25, 0.3) is 0 Å². The Morgan fingerprint density at radius 3 is 2.50 bits per heavy atom. The summed E-state index contributed by atoms with van der Waals surface area (Å²) < 4.78 is 71.7. The summed E-state index contributed by atoms with van der Waals surface area (Å²) in [5, 5.41) is 8.61. The minimum Gasteiger partial charge on any atom is -0.417 e. The van der Waals surface area contributed by atoms with Crippen molar-refractivity contribution in [1.29, 1.82) is 0 Å². The van der Waals surface area contributed by atoms with Crippen molar-refractivity contribution in [2.45, 2.75) is 32.2 Å². The monoisotopic (exact) mass is 530 g/mol. The molecule has 0 aromatic carbocycles. The van der Waals surface area contributed by atoms with Gasteiger partial charge in [0.15, 0.2) is 5.65 Å². The SMILES string of the molecule is CCC(c1ccc(C(F)(F)F)nc1)n1cc(-c2cc(-c3ccnc(OC(F)F)c3)c3nc(N)nn3c2)cn1. The molecular formula is C24H19F5N8O. The normalized spacial score (nSPS) is 12.8. The van der Waals surface area contributed by atoms with E-state index in [0.717, 1.165) is 6.07 Å². The van der Waals surface area contributed by atoms with Crippen LogP contribution in [0, 0.1) is 0 Å². The van der Waals surface area contributed by atoms with Crippen LogP contribution in [0.5, 0.6) is 5.88 Å². The molecule has 1 unspecified atom stereocenters. The Labute approximate surface area is 211 Å². The molecule has 5 aromatic heterocycles. The molecule has 0 saturated heterocycles. The third kappa shape index (κ3) is 4.96. The van der Waals surface area contributed by atoms with E-state index in [0.29, 0.717) is 39.9 Å². The van der Waals surface area contributed by atoms with Gasteiger partial charge >= 0.3 is 12.8 Å². The standard InChI is InChI=1S/C24H19F5N8O/c1-2-18(14-3-4-19(32-9-14)24(27,28)29)36-12-16(10-33-36)15-7-17(21-34-23(30)35-37(21)11-15)13-5-6-31-20(8-13)38-22(25)26/h3-12,18,22H,2H2,1H3,(H2,30,35). The first-order valence-corrected chi connectivity index (χ1v) is 11.3. The maximum Gasteiger partial charge on any atom is 0.433 e. The first-order chi connectivity index (χ1) is 18.1. The fourth-order valence-electron chi connectivity index (χ4n) is 4.11. The Kier molecular flexibility index (Phi) is 6.38. The van der Waals surface area contributed by atoms with Crippen LogP contribution in [0.1, 0.15) is 30.6 Å². The maximum absolute atomic E-state index is 12.9. The number of hydrogen-bond donors (Lipinski definition) is 1. The van der Waals surface area contributed by atoms with E-state index in [-0.39, 0.29) is 17.9 Å². The minimum atomic E-state index is -4.53. The van der Waals surface area contributed by atoms with Gasteiger partial charge in [-0.2, -0.15) is 32.0 Å². The molecule has 0 saturated carbocycles. The van der Waals surface area contributed by atoms with Gasteiger partial charge in [-0.1, -0.05) is 13.0 Å². The van der Waals surface area contributed by atoms with E-state index in [9.17, 15) is 22.0 Å². The topological polar surface area (TPSA) is 109 Å². The van der Waals surface area contributed by atoms with Crippen molar-refractivity contribution in [3.63, 3.8) is 0 Å². The molecule has 2 N–H and O–H groups in total. The number of anilines is 1. The van der Waals surface area contributed by atoms with Crippen LogP contribution >= 0.6 is 0 Å².